The zero-order valence-electron chi connectivity index (χ0n) is 16.0. The van der Waals surface area contributed by atoms with Crippen LogP contribution in [0.2, 0.25) is 5.02 Å². The number of aliphatic hydroxyl groups excluding tert-OH is 1. The number of halogens is 1. The lowest BCUT2D eigenvalue weighted by molar-refractivity contribution is -0.137. The fourth-order valence-electron chi connectivity index (χ4n) is 3.97. The molecule has 3 aliphatic heterocycles. The molecule has 8 nitrogen and oxygen atoms in total. The quantitative estimate of drug-likeness (QED) is 0.827. The molecular formula is C19H22ClN5O3. The van der Waals surface area contributed by atoms with E-state index in [1.807, 2.05) is 23.6 Å². The second-order valence-corrected chi connectivity index (χ2v) is 7.58. The van der Waals surface area contributed by atoms with E-state index in [9.17, 15) is 14.7 Å². The number of hydrogen-bond donors (Lipinski definition) is 1. The van der Waals surface area contributed by atoms with E-state index in [0.29, 0.717) is 17.5 Å². The van der Waals surface area contributed by atoms with Crippen LogP contribution in [-0.4, -0.2) is 75.0 Å². The van der Waals surface area contributed by atoms with Gasteiger partial charge in [0.25, 0.3) is 5.91 Å². The van der Waals surface area contributed by atoms with Crippen molar-refractivity contribution in [2.45, 2.75) is 32.6 Å². The molecule has 3 aliphatic rings. The first-order valence-electron chi connectivity index (χ1n) is 9.10. The van der Waals surface area contributed by atoms with Gasteiger partial charge >= 0.3 is 6.03 Å². The van der Waals surface area contributed by atoms with Gasteiger partial charge in [0.2, 0.25) is 5.96 Å². The molecule has 1 fully saturated rings. The number of carbonyl (C=O) groups excluding carboxylic acids is 2. The van der Waals surface area contributed by atoms with Crippen molar-refractivity contribution in [2.75, 3.05) is 20.2 Å². The van der Waals surface area contributed by atoms with Crippen molar-refractivity contribution >= 4 is 29.5 Å². The van der Waals surface area contributed by atoms with E-state index in [1.165, 1.54) is 9.80 Å². The SMILES string of the molecule is CC1=C(C)N2C(=NC3C2C(=O)N(Cc2ccc(Cl)cc2)C(=O)N3C)N1CCO. The van der Waals surface area contributed by atoms with Gasteiger partial charge in [0, 0.05) is 30.0 Å². The van der Waals surface area contributed by atoms with Crippen LogP contribution in [0.3, 0.4) is 0 Å². The molecule has 9 heteroatoms. The number of hydrogen-bond acceptors (Lipinski definition) is 6. The highest BCUT2D eigenvalue weighted by molar-refractivity contribution is 6.30. The first kappa shape index (κ1) is 18.8. The number of aliphatic imine (C=N–C) groups is 1. The van der Waals surface area contributed by atoms with Crippen LogP contribution < -0.4 is 0 Å². The van der Waals surface area contributed by atoms with Gasteiger partial charge in [-0.1, -0.05) is 23.7 Å². The molecule has 28 heavy (non-hydrogen) atoms. The first-order chi connectivity index (χ1) is 13.3. The van der Waals surface area contributed by atoms with Gasteiger partial charge in [-0.2, -0.15) is 0 Å². The molecule has 0 radical (unpaired) electrons. The second kappa shape index (κ2) is 6.79. The lowest BCUT2D eigenvalue weighted by atomic mass is 10.1. The molecule has 1 aromatic rings. The Balaban J connectivity index is 1.66. The number of urea groups is 1. The smallest absolute Gasteiger partial charge is 0.328 e. The average molecular weight is 404 g/mol. The number of fused-ring (bicyclic) bond motifs is 3. The van der Waals surface area contributed by atoms with Gasteiger partial charge in [-0.3, -0.25) is 14.6 Å². The number of likely N-dealkylation sites (N-methyl/N-ethyl adjacent to an activating group) is 1. The largest absolute Gasteiger partial charge is 0.395 e. The van der Waals surface area contributed by atoms with Crippen LogP contribution in [-0.2, 0) is 11.3 Å². The molecular weight excluding hydrogens is 382 g/mol. The minimum atomic E-state index is -0.608. The van der Waals surface area contributed by atoms with E-state index in [0.717, 1.165) is 17.0 Å². The number of nitrogens with zero attached hydrogens (tertiary/aromatic N) is 5. The van der Waals surface area contributed by atoms with Crippen molar-refractivity contribution in [2.24, 2.45) is 4.99 Å². The van der Waals surface area contributed by atoms with Crippen LogP contribution in [0, 0.1) is 0 Å². The Morgan fingerprint density at radius 3 is 2.43 bits per heavy atom. The number of rotatable bonds is 4. The maximum atomic E-state index is 13.3. The van der Waals surface area contributed by atoms with Crippen LogP contribution in [0.15, 0.2) is 40.7 Å². The summed E-state index contributed by atoms with van der Waals surface area (Å²) in [7, 11) is 1.66. The number of benzene rings is 1. The van der Waals surface area contributed by atoms with Gasteiger partial charge in [0.1, 0.15) is 0 Å². The Bertz CT molecular complexity index is 897. The van der Waals surface area contributed by atoms with Gasteiger partial charge in [0.15, 0.2) is 12.2 Å². The van der Waals surface area contributed by atoms with Crippen LogP contribution in [0.1, 0.15) is 19.4 Å². The summed E-state index contributed by atoms with van der Waals surface area (Å²) >= 11 is 5.93. The molecule has 3 heterocycles. The number of amides is 3. The molecule has 0 bridgehead atoms. The summed E-state index contributed by atoms with van der Waals surface area (Å²) in [6.45, 7) is 4.40. The molecule has 3 amide bonds. The minimum absolute atomic E-state index is 0.0295. The zero-order valence-corrected chi connectivity index (χ0v) is 16.7. The van der Waals surface area contributed by atoms with E-state index in [1.54, 1.807) is 31.3 Å². The summed E-state index contributed by atoms with van der Waals surface area (Å²) in [4.78, 5) is 37.4. The summed E-state index contributed by atoms with van der Waals surface area (Å²) in [5.41, 5.74) is 2.67. The Morgan fingerprint density at radius 1 is 1.11 bits per heavy atom. The van der Waals surface area contributed by atoms with E-state index < -0.39 is 12.2 Å². The summed E-state index contributed by atoms with van der Waals surface area (Å²) in [6.07, 6.45) is -0.583. The molecule has 1 saturated heterocycles. The molecule has 4 rings (SSSR count). The van der Waals surface area contributed by atoms with E-state index in [4.69, 9.17) is 11.6 Å². The van der Waals surface area contributed by atoms with Crippen LogP contribution >= 0.6 is 11.6 Å². The molecule has 0 aliphatic carbocycles. The van der Waals surface area contributed by atoms with Crippen LogP contribution in [0.4, 0.5) is 4.79 Å². The standard InChI is InChI=1S/C19H22ClN5O3/c1-11-12(2)25-15-16(21-18(25)23(11)8-9-26)22(3)19(28)24(17(15)27)10-13-4-6-14(20)7-5-13/h4-7,15-16,26H,8-10H2,1-3H3. The Kier molecular flexibility index (Phi) is 4.55. The highest BCUT2D eigenvalue weighted by Gasteiger charge is 2.55. The monoisotopic (exact) mass is 403 g/mol. The average Bonchev–Trinajstić information content (AvgIpc) is 3.17. The third-order valence-electron chi connectivity index (χ3n) is 5.58. The predicted octanol–water partition coefficient (Wildman–Crippen LogP) is 1.66. The first-order valence-corrected chi connectivity index (χ1v) is 9.48. The molecule has 1 aromatic carbocycles. The second-order valence-electron chi connectivity index (χ2n) is 7.15. The maximum Gasteiger partial charge on any atom is 0.328 e. The van der Waals surface area contributed by atoms with Gasteiger partial charge < -0.3 is 14.9 Å². The zero-order chi connectivity index (χ0) is 20.2. The summed E-state index contributed by atoms with van der Waals surface area (Å²) in [5, 5.41) is 9.99. The van der Waals surface area contributed by atoms with Crippen molar-refractivity contribution in [1.29, 1.82) is 0 Å². The third-order valence-corrected chi connectivity index (χ3v) is 5.83. The van der Waals surface area contributed by atoms with Crippen molar-refractivity contribution in [3.8, 4) is 0 Å². The minimum Gasteiger partial charge on any atom is -0.395 e. The molecule has 0 saturated carbocycles. The summed E-state index contributed by atoms with van der Waals surface area (Å²) < 4.78 is 0. The van der Waals surface area contributed by atoms with Crippen molar-refractivity contribution in [1.82, 2.24) is 19.6 Å². The van der Waals surface area contributed by atoms with E-state index in [-0.39, 0.29) is 25.1 Å². The summed E-state index contributed by atoms with van der Waals surface area (Å²) in [5.74, 6) is 0.334. The van der Waals surface area contributed by atoms with Gasteiger partial charge in [-0.25, -0.2) is 9.79 Å². The number of carbonyl (C=O) groups is 2. The molecule has 0 aromatic heterocycles. The lowest BCUT2D eigenvalue weighted by Crippen LogP contribution is -2.64. The van der Waals surface area contributed by atoms with Gasteiger partial charge in [0.05, 0.1) is 13.2 Å². The molecule has 2 atom stereocenters. The number of aliphatic hydroxyl groups is 1. The lowest BCUT2D eigenvalue weighted by Gasteiger charge is -2.40. The fraction of sp³-hybridized carbons (Fsp3) is 0.421. The van der Waals surface area contributed by atoms with Crippen molar-refractivity contribution in [3.05, 3.63) is 46.2 Å². The van der Waals surface area contributed by atoms with Gasteiger partial charge in [-0.15, -0.1) is 0 Å². The molecule has 148 valence electrons. The Labute approximate surface area is 168 Å². The molecule has 1 N–H and O–H groups in total. The third kappa shape index (κ3) is 2.67. The van der Waals surface area contributed by atoms with Crippen LogP contribution in [0.25, 0.3) is 0 Å². The number of imide groups is 1. The van der Waals surface area contributed by atoms with E-state index >= 15 is 0 Å². The van der Waals surface area contributed by atoms with Crippen LogP contribution in [0.5, 0.6) is 0 Å². The molecule has 2 unspecified atom stereocenters. The highest BCUT2D eigenvalue weighted by Crippen LogP contribution is 2.37. The Morgan fingerprint density at radius 2 is 1.79 bits per heavy atom. The van der Waals surface area contributed by atoms with Gasteiger partial charge in [-0.05, 0) is 31.5 Å². The van der Waals surface area contributed by atoms with Crippen molar-refractivity contribution < 1.29 is 14.7 Å². The normalized spacial score (nSPS) is 24.2. The summed E-state index contributed by atoms with van der Waals surface area (Å²) in [6, 6.07) is 6.10. The van der Waals surface area contributed by atoms with E-state index in [2.05, 4.69) is 4.99 Å². The topological polar surface area (TPSA) is 79.7 Å². The molecule has 0 spiro atoms. The van der Waals surface area contributed by atoms with Crippen molar-refractivity contribution in [3.63, 3.8) is 0 Å². The predicted molar refractivity (Wildman–Crippen MR) is 104 cm³/mol. The highest BCUT2D eigenvalue weighted by atomic mass is 35.5. The number of guanidine groups is 1. The fourth-order valence-corrected chi connectivity index (χ4v) is 4.09. The number of β-amino-alcohol motifs (C(OH)–C–C–N with tert-alkyl or cyclic N) is 1. The Hall–Kier alpha value is -2.58. The maximum absolute atomic E-state index is 13.3. The number of allylic oxidation sites excluding steroid dienone is 2.